The summed E-state index contributed by atoms with van der Waals surface area (Å²) in [5, 5.41) is 0.741. The predicted octanol–water partition coefficient (Wildman–Crippen LogP) is 3.10. The normalized spacial score (nSPS) is 10.9. The van der Waals surface area contributed by atoms with E-state index < -0.39 is 0 Å². The van der Waals surface area contributed by atoms with Crippen LogP contribution in [-0.4, -0.2) is 9.97 Å². The zero-order chi connectivity index (χ0) is 12.4. The molecule has 90 valence electrons. The summed E-state index contributed by atoms with van der Waals surface area (Å²) >= 11 is 1.53. The van der Waals surface area contributed by atoms with Crippen LogP contribution in [0.1, 0.15) is 5.76 Å². The fourth-order valence-corrected chi connectivity index (χ4v) is 2.44. The number of thioether (sulfide) groups is 1. The van der Waals surface area contributed by atoms with Crippen molar-refractivity contribution in [2.75, 3.05) is 5.73 Å². The molecule has 4 nitrogen and oxygen atoms in total. The average molecular weight is 257 g/mol. The molecular weight excluding hydrogens is 246 g/mol. The molecule has 18 heavy (non-hydrogen) atoms. The summed E-state index contributed by atoms with van der Waals surface area (Å²) in [7, 11) is 0. The number of hydrogen-bond acceptors (Lipinski definition) is 5. The molecule has 2 aromatic heterocycles. The van der Waals surface area contributed by atoms with Crippen LogP contribution in [0.4, 0.5) is 5.82 Å². The Labute approximate surface area is 108 Å². The number of fused-ring (bicyclic) bond motifs is 1. The minimum atomic E-state index is 0.463. The lowest BCUT2D eigenvalue weighted by Gasteiger charge is -2.04. The second-order valence-electron chi connectivity index (χ2n) is 3.77. The summed E-state index contributed by atoms with van der Waals surface area (Å²) in [4.78, 5) is 8.85. The van der Waals surface area contributed by atoms with Crippen molar-refractivity contribution in [3.8, 4) is 0 Å². The van der Waals surface area contributed by atoms with Gasteiger partial charge in [-0.15, -0.1) is 0 Å². The first-order valence-corrected chi connectivity index (χ1v) is 6.49. The number of furan rings is 1. The van der Waals surface area contributed by atoms with Gasteiger partial charge in [-0.2, -0.15) is 0 Å². The standard InChI is InChI=1S/C13H11N3OS/c14-12-13(18-8-9-4-3-7-17-9)16-11-6-2-1-5-10(11)15-12/h1-7H,8H2,(H2,14,15). The van der Waals surface area contributed by atoms with Gasteiger partial charge in [0.2, 0.25) is 0 Å². The van der Waals surface area contributed by atoms with Crippen LogP contribution in [0, 0.1) is 0 Å². The highest BCUT2D eigenvalue weighted by atomic mass is 32.2. The van der Waals surface area contributed by atoms with Crippen LogP contribution in [0.2, 0.25) is 0 Å². The Balaban J connectivity index is 1.89. The van der Waals surface area contributed by atoms with Crippen LogP contribution < -0.4 is 5.73 Å². The first-order valence-electron chi connectivity index (χ1n) is 5.50. The Morgan fingerprint density at radius 1 is 1.06 bits per heavy atom. The highest BCUT2D eigenvalue weighted by Crippen LogP contribution is 2.27. The van der Waals surface area contributed by atoms with Gasteiger partial charge < -0.3 is 10.2 Å². The van der Waals surface area contributed by atoms with Crippen molar-refractivity contribution in [3.05, 3.63) is 48.4 Å². The monoisotopic (exact) mass is 257 g/mol. The Kier molecular flexibility index (Phi) is 2.90. The van der Waals surface area contributed by atoms with Crippen LogP contribution >= 0.6 is 11.8 Å². The lowest BCUT2D eigenvalue weighted by molar-refractivity contribution is 0.530. The van der Waals surface area contributed by atoms with Crippen molar-refractivity contribution in [3.63, 3.8) is 0 Å². The summed E-state index contributed by atoms with van der Waals surface area (Å²) in [5.74, 6) is 2.06. The molecule has 0 atom stereocenters. The maximum Gasteiger partial charge on any atom is 0.156 e. The van der Waals surface area contributed by atoms with Crippen molar-refractivity contribution in [1.29, 1.82) is 0 Å². The van der Waals surface area contributed by atoms with E-state index in [1.54, 1.807) is 6.26 Å². The van der Waals surface area contributed by atoms with E-state index in [9.17, 15) is 0 Å². The topological polar surface area (TPSA) is 64.9 Å². The van der Waals surface area contributed by atoms with Crippen LogP contribution in [0.25, 0.3) is 11.0 Å². The molecule has 5 heteroatoms. The first kappa shape index (κ1) is 11.1. The lowest BCUT2D eigenvalue weighted by Crippen LogP contribution is -1.97. The second kappa shape index (κ2) is 4.70. The number of nitrogen functional groups attached to an aromatic ring is 1. The molecule has 0 saturated heterocycles. The van der Waals surface area contributed by atoms with Crippen LogP contribution in [0.3, 0.4) is 0 Å². The molecule has 1 aromatic carbocycles. The number of para-hydroxylation sites is 2. The van der Waals surface area contributed by atoms with Crippen molar-refractivity contribution in [2.24, 2.45) is 0 Å². The van der Waals surface area contributed by atoms with Crippen molar-refractivity contribution < 1.29 is 4.42 Å². The van der Waals surface area contributed by atoms with E-state index in [-0.39, 0.29) is 0 Å². The number of aromatic nitrogens is 2. The number of benzene rings is 1. The molecule has 0 saturated carbocycles. The Bertz CT molecular complexity index is 667. The van der Waals surface area contributed by atoms with Gasteiger partial charge in [-0.25, -0.2) is 9.97 Å². The third-order valence-electron chi connectivity index (χ3n) is 2.49. The van der Waals surface area contributed by atoms with Crippen LogP contribution in [-0.2, 0) is 5.75 Å². The number of nitrogens with zero attached hydrogens (tertiary/aromatic N) is 2. The van der Waals surface area contributed by atoms with Crippen molar-refractivity contribution in [1.82, 2.24) is 9.97 Å². The van der Waals surface area contributed by atoms with Gasteiger partial charge >= 0.3 is 0 Å². The molecule has 3 aromatic rings. The molecule has 2 heterocycles. The minimum absolute atomic E-state index is 0.463. The molecule has 0 aliphatic heterocycles. The molecule has 0 radical (unpaired) electrons. The maximum atomic E-state index is 5.90. The van der Waals surface area contributed by atoms with E-state index in [1.807, 2.05) is 36.4 Å². The largest absolute Gasteiger partial charge is 0.468 e. The van der Waals surface area contributed by atoms with E-state index in [1.165, 1.54) is 11.8 Å². The molecule has 2 N–H and O–H groups in total. The van der Waals surface area contributed by atoms with Gasteiger partial charge in [0.05, 0.1) is 23.0 Å². The van der Waals surface area contributed by atoms with Gasteiger partial charge in [-0.1, -0.05) is 23.9 Å². The molecule has 0 fully saturated rings. The Morgan fingerprint density at radius 2 is 1.83 bits per heavy atom. The Morgan fingerprint density at radius 3 is 2.56 bits per heavy atom. The van der Waals surface area contributed by atoms with E-state index in [2.05, 4.69) is 9.97 Å². The predicted molar refractivity (Wildman–Crippen MR) is 72.2 cm³/mol. The van der Waals surface area contributed by atoms with Crippen LogP contribution in [0.15, 0.2) is 52.1 Å². The molecule has 0 aliphatic carbocycles. The third kappa shape index (κ3) is 2.17. The molecule has 0 aliphatic rings. The summed E-state index contributed by atoms with van der Waals surface area (Å²) < 4.78 is 5.27. The van der Waals surface area contributed by atoms with Gasteiger partial charge in [0.25, 0.3) is 0 Å². The number of rotatable bonds is 3. The summed E-state index contributed by atoms with van der Waals surface area (Å²) in [6.45, 7) is 0. The zero-order valence-corrected chi connectivity index (χ0v) is 10.4. The summed E-state index contributed by atoms with van der Waals surface area (Å²) in [5.41, 5.74) is 7.57. The van der Waals surface area contributed by atoms with E-state index in [0.717, 1.165) is 21.8 Å². The number of nitrogens with two attached hydrogens (primary N) is 1. The molecule has 3 rings (SSSR count). The van der Waals surface area contributed by atoms with Crippen molar-refractivity contribution in [2.45, 2.75) is 10.8 Å². The molecule has 0 unspecified atom stereocenters. The highest BCUT2D eigenvalue weighted by molar-refractivity contribution is 7.98. The van der Waals surface area contributed by atoms with Gasteiger partial charge in [0.1, 0.15) is 10.8 Å². The van der Waals surface area contributed by atoms with Gasteiger partial charge in [0.15, 0.2) is 5.82 Å². The van der Waals surface area contributed by atoms with Gasteiger partial charge in [0, 0.05) is 0 Å². The van der Waals surface area contributed by atoms with Gasteiger partial charge in [-0.3, -0.25) is 0 Å². The van der Waals surface area contributed by atoms with Gasteiger partial charge in [-0.05, 0) is 24.3 Å². The second-order valence-corrected chi connectivity index (χ2v) is 4.73. The van der Waals surface area contributed by atoms with E-state index in [0.29, 0.717) is 11.6 Å². The average Bonchev–Trinajstić information content (AvgIpc) is 2.89. The smallest absolute Gasteiger partial charge is 0.156 e. The quantitative estimate of drug-likeness (QED) is 0.730. The summed E-state index contributed by atoms with van der Waals surface area (Å²) in [6, 6.07) is 11.5. The molecule has 0 spiro atoms. The molecular formula is C13H11N3OS. The molecule has 0 amide bonds. The maximum absolute atomic E-state index is 5.90. The van der Waals surface area contributed by atoms with Crippen molar-refractivity contribution >= 4 is 28.6 Å². The third-order valence-corrected chi connectivity index (χ3v) is 3.50. The minimum Gasteiger partial charge on any atom is -0.468 e. The van der Waals surface area contributed by atoms with E-state index >= 15 is 0 Å². The highest BCUT2D eigenvalue weighted by Gasteiger charge is 2.07. The fraction of sp³-hybridized carbons (Fsp3) is 0.0769. The lowest BCUT2D eigenvalue weighted by atomic mass is 10.3. The zero-order valence-electron chi connectivity index (χ0n) is 9.54. The Hall–Kier alpha value is -2.01. The SMILES string of the molecule is Nc1nc2ccccc2nc1SCc1ccco1. The fourth-order valence-electron chi connectivity index (χ4n) is 1.64. The van der Waals surface area contributed by atoms with Crippen LogP contribution in [0.5, 0.6) is 0 Å². The molecule has 0 bridgehead atoms. The first-order chi connectivity index (χ1) is 8.83. The summed E-state index contributed by atoms with van der Waals surface area (Å²) in [6.07, 6.45) is 1.66. The van der Waals surface area contributed by atoms with E-state index in [4.69, 9.17) is 10.2 Å². The number of hydrogen-bond donors (Lipinski definition) is 1. The number of anilines is 1.